The Balaban J connectivity index is 2.13. The van der Waals surface area contributed by atoms with Crippen molar-refractivity contribution in [3.05, 3.63) is 59.3 Å². The Morgan fingerprint density at radius 3 is 2.90 bits per heavy atom. The maximum Gasteiger partial charge on any atom is 0.0878 e. The van der Waals surface area contributed by atoms with Crippen LogP contribution >= 0.6 is 11.8 Å². The van der Waals surface area contributed by atoms with Gasteiger partial charge in [-0.25, -0.2) is 0 Å². The van der Waals surface area contributed by atoms with Gasteiger partial charge in [0.25, 0.3) is 0 Å². The van der Waals surface area contributed by atoms with E-state index in [1.807, 2.05) is 18.7 Å². The van der Waals surface area contributed by atoms with Crippen LogP contribution in [0.1, 0.15) is 26.3 Å². The van der Waals surface area contributed by atoms with Crippen LogP contribution in [0.15, 0.2) is 58.7 Å². The highest BCUT2D eigenvalue weighted by Crippen LogP contribution is 2.46. The number of hydrogen-bond acceptors (Lipinski definition) is 3. The van der Waals surface area contributed by atoms with Crippen LogP contribution in [0, 0.1) is 0 Å². The van der Waals surface area contributed by atoms with Crippen molar-refractivity contribution in [1.29, 1.82) is 0 Å². The van der Waals surface area contributed by atoms with Crippen LogP contribution in [0.3, 0.4) is 0 Å². The maximum atomic E-state index is 3.61. The van der Waals surface area contributed by atoms with Gasteiger partial charge >= 0.3 is 0 Å². The smallest absolute Gasteiger partial charge is 0.0878 e. The van der Waals surface area contributed by atoms with Gasteiger partial charge in [-0.3, -0.25) is 5.32 Å². The van der Waals surface area contributed by atoms with E-state index in [1.165, 1.54) is 27.3 Å². The van der Waals surface area contributed by atoms with E-state index in [1.54, 1.807) is 0 Å². The minimum absolute atomic E-state index is 0.287. The zero-order valence-electron chi connectivity index (χ0n) is 12.1. The lowest BCUT2D eigenvalue weighted by Crippen LogP contribution is -2.48. The molecule has 0 fully saturated rings. The fourth-order valence-electron chi connectivity index (χ4n) is 2.72. The van der Waals surface area contributed by atoms with Gasteiger partial charge in [0.15, 0.2) is 0 Å². The zero-order chi connectivity index (χ0) is 14.1. The number of rotatable bonds is 2. The van der Waals surface area contributed by atoms with Crippen LogP contribution < -0.4 is 10.6 Å². The van der Waals surface area contributed by atoms with Crippen molar-refractivity contribution in [3.63, 3.8) is 0 Å². The molecule has 104 valence electrons. The molecule has 2 aliphatic rings. The summed E-state index contributed by atoms with van der Waals surface area (Å²) < 4.78 is 0. The van der Waals surface area contributed by atoms with E-state index in [0.717, 1.165) is 0 Å². The van der Waals surface area contributed by atoms with Crippen molar-refractivity contribution in [1.82, 2.24) is 10.6 Å². The molecular formula is C17H20N2S. The molecule has 2 heterocycles. The molecule has 2 nitrogen and oxygen atoms in total. The molecule has 0 aromatic heterocycles. The van der Waals surface area contributed by atoms with Crippen LogP contribution in [0.4, 0.5) is 0 Å². The van der Waals surface area contributed by atoms with Gasteiger partial charge in [-0.15, -0.1) is 11.8 Å². The Bertz CT molecular complexity index is 613. The minimum Gasteiger partial charge on any atom is -0.370 e. The van der Waals surface area contributed by atoms with E-state index in [-0.39, 0.29) is 6.17 Å². The molecule has 20 heavy (non-hydrogen) atoms. The van der Waals surface area contributed by atoms with Crippen molar-refractivity contribution < 1.29 is 0 Å². The van der Waals surface area contributed by atoms with E-state index < -0.39 is 0 Å². The van der Waals surface area contributed by atoms with Crippen LogP contribution in [-0.2, 0) is 0 Å². The van der Waals surface area contributed by atoms with Crippen molar-refractivity contribution in [3.8, 4) is 0 Å². The lowest BCUT2D eigenvalue weighted by molar-refractivity contribution is 0.492. The number of thioether (sulfide) groups is 1. The predicted molar refractivity (Wildman–Crippen MR) is 87.3 cm³/mol. The average Bonchev–Trinajstić information content (AvgIpc) is 2.81. The molecule has 1 aromatic rings. The maximum absolute atomic E-state index is 3.61. The minimum atomic E-state index is 0.287. The second-order valence-corrected chi connectivity index (χ2v) is 6.34. The van der Waals surface area contributed by atoms with Crippen LogP contribution in [0.25, 0.3) is 5.57 Å². The van der Waals surface area contributed by atoms with Crippen LogP contribution in [0.2, 0.25) is 0 Å². The largest absolute Gasteiger partial charge is 0.370 e. The molecule has 0 saturated heterocycles. The van der Waals surface area contributed by atoms with Gasteiger partial charge in [-0.1, -0.05) is 36.4 Å². The first-order valence-corrected chi connectivity index (χ1v) is 7.91. The highest BCUT2D eigenvalue weighted by molar-refractivity contribution is 8.00. The Labute approximate surface area is 125 Å². The quantitative estimate of drug-likeness (QED) is 0.806. The van der Waals surface area contributed by atoms with E-state index in [9.17, 15) is 0 Å². The standard InChI is InChI=1S/C17H20N2S/c1-4-5-8-11(2)16-15-13-9-6-7-10-14(13)20-17(15)19-12(3)18-16/h4-10,12,17-19H,1-3H3/b5-4-,11-8+. The molecule has 0 aliphatic carbocycles. The molecule has 2 N–H and O–H groups in total. The SMILES string of the molecule is C/C=C\C=C(/C)C1=C2c3ccccc3SC2NC(C)N1. The van der Waals surface area contributed by atoms with Crippen molar-refractivity contribution in [2.24, 2.45) is 0 Å². The summed E-state index contributed by atoms with van der Waals surface area (Å²) in [6.07, 6.45) is 6.62. The number of benzene rings is 1. The van der Waals surface area contributed by atoms with Gasteiger partial charge < -0.3 is 5.32 Å². The summed E-state index contributed by atoms with van der Waals surface area (Å²) in [7, 11) is 0. The van der Waals surface area contributed by atoms with E-state index in [2.05, 4.69) is 67.0 Å². The third kappa shape index (κ3) is 2.32. The molecule has 1 aromatic carbocycles. The van der Waals surface area contributed by atoms with Gasteiger partial charge in [-0.2, -0.15) is 0 Å². The summed E-state index contributed by atoms with van der Waals surface area (Å²) in [4.78, 5) is 1.37. The van der Waals surface area contributed by atoms with Gasteiger partial charge in [0, 0.05) is 16.2 Å². The lowest BCUT2D eigenvalue weighted by atomic mass is 9.97. The number of nitrogens with one attached hydrogen (secondary N) is 2. The first kappa shape index (κ1) is 13.5. The Hall–Kier alpha value is -1.45. The molecule has 0 amide bonds. The van der Waals surface area contributed by atoms with Gasteiger partial charge in [-0.05, 0) is 38.0 Å². The molecule has 0 radical (unpaired) electrons. The van der Waals surface area contributed by atoms with Crippen LogP contribution in [0.5, 0.6) is 0 Å². The molecule has 3 heteroatoms. The van der Waals surface area contributed by atoms with Crippen LogP contribution in [-0.4, -0.2) is 11.5 Å². The first-order chi connectivity index (χ1) is 9.70. The fraction of sp³-hybridized carbons (Fsp3) is 0.294. The Morgan fingerprint density at radius 2 is 2.10 bits per heavy atom. The Morgan fingerprint density at radius 1 is 1.30 bits per heavy atom. The third-order valence-corrected chi connectivity index (χ3v) is 4.87. The van der Waals surface area contributed by atoms with E-state index in [0.29, 0.717) is 5.37 Å². The normalized spacial score (nSPS) is 25.6. The van der Waals surface area contributed by atoms with Gasteiger partial charge in [0.2, 0.25) is 0 Å². The lowest BCUT2D eigenvalue weighted by Gasteiger charge is -2.32. The summed E-state index contributed by atoms with van der Waals surface area (Å²) in [6, 6.07) is 8.67. The number of hydrogen-bond donors (Lipinski definition) is 2. The van der Waals surface area contributed by atoms with E-state index in [4.69, 9.17) is 0 Å². The molecular weight excluding hydrogens is 264 g/mol. The topological polar surface area (TPSA) is 24.1 Å². The molecule has 2 atom stereocenters. The van der Waals surface area contributed by atoms with Gasteiger partial charge in [0.1, 0.15) is 0 Å². The van der Waals surface area contributed by atoms with E-state index >= 15 is 0 Å². The summed E-state index contributed by atoms with van der Waals surface area (Å²) in [5.74, 6) is 0. The first-order valence-electron chi connectivity index (χ1n) is 7.03. The molecule has 2 unspecified atom stereocenters. The van der Waals surface area contributed by atoms with Crippen molar-refractivity contribution in [2.45, 2.75) is 37.2 Å². The average molecular weight is 284 g/mol. The summed E-state index contributed by atoms with van der Waals surface area (Å²) in [6.45, 7) is 6.39. The summed E-state index contributed by atoms with van der Waals surface area (Å²) in [5, 5.41) is 7.56. The summed E-state index contributed by atoms with van der Waals surface area (Å²) in [5.41, 5.74) is 5.31. The Kier molecular flexibility index (Phi) is 3.72. The molecule has 0 spiro atoms. The zero-order valence-corrected chi connectivity index (χ0v) is 12.9. The fourth-order valence-corrected chi connectivity index (χ4v) is 4.07. The molecule has 0 saturated carbocycles. The third-order valence-electron chi connectivity index (χ3n) is 3.65. The number of fused-ring (bicyclic) bond motifs is 3. The second-order valence-electron chi connectivity index (χ2n) is 5.19. The highest BCUT2D eigenvalue weighted by atomic mass is 32.2. The number of allylic oxidation sites excluding steroid dienone is 4. The van der Waals surface area contributed by atoms with Crippen molar-refractivity contribution in [2.75, 3.05) is 0 Å². The van der Waals surface area contributed by atoms with Gasteiger partial charge in [0.05, 0.1) is 11.5 Å². The highest BCUT2D eigenvalue weighted by Gasteiger charge is 2.34. The summed E-state index contributed by atoms with van der Waals surface area (Å²) >= 11 is 1.91. The monoisotopic (exact) mass is 284 g/mol. The molecule has 3 rings (SSSR count). The predicted octanol–water partition coefficient (Wildman–Crippen LogP) is 3.89. The molecule has 0 bridgehead atoms. The van der Waals surface area contributed by atoms with Crippen molar-refractivity contribution >= 4 is 17.3 Å². The molecule has 2 aliphatic heterocycles. The second kappa shape index (κ2) is 5.51.